The van der Waals surface area contributed by atoms with E-state index in [1.54, 1.807) is 20.8 Å². The molecule has 2 unspecified atom stereocenters. The highest BCUT2D eigenvalue weighted by molar-refractivity contribution is 7.10. The molecule has 0 radical (unpaired) electrons. The van der Waals surface area contributed by atoms with E-state index in [9.17, 15) is 13.2 Å². The molecule has 0 aliphatic heterocycles. The van der Waals surface area contributed by atoms with Crippen molar-refractivity contribution in [2.45, 2.75) is 45.1 Å². The van der Waals surface area contributed by atoms with Crippen LogP contribution in [0.2, 0.25) is 0 Å². The summed E-state index contributed by atoms with van der Waals surface area (Å²) in [5.41, 5.74) is 5.88. The highest BCUT2D eigenvalue weighted by atomic mass is 32.1. The van der Waals surface area contributed by atoms with E-state index in [4.69, 9.17) is 5.73 Å². The first-order valence-electron chi connectivity index (χ1n) is 5.84. The van der Waals surface area contributed by atoms with Gasteiger partial charge in [0.05, 0.1) is 12.6 Å². The van der Waals surface area contributed by atoms with Gasteiger partial charge in [0.2, 0.25) is 0 Å². The van der Waals surface area contributed by atoms with E-state index in [1.807, 2.05) is 17.5 Å². The Morgan fingerprint density at radius 2 is 1.94 bits per heavy atom. The third kappa shape index (κ3) is 4.26. The van der Waals surface area contributed by atoms with Crippen LogP contribution in [0.1, 0.15) is 31.7 Å². The maximum atomic E-state index is 12.7. The maximum absolute atomic E-state index is 12.7. The number of alkyl halides is 3. The molecular weight excluding hydrogens is 261 g/mol. The van der Waals surface area contributed by atoms with Gasteiger partial charge in [0, 0.05) is 17.0 Å². The fraction of sp³-hybridized carbons (Fsp3) is 0.667. The van der Waals surface area contributed by atoms with Crippen molar-refractivity contribution in [2.75, 3.05) is 6.54 Å². The van der Waals surface area contributed by atoms with Crippen molar-refractivity contribution in [2.24, 2.45) is 5.73 Å². The molecule has 0 aromatic carbocycles. The Hall–Kier alpha value is -0.590. The summed E-state index contributed by atoms with van der Waals surface area (Å²) in [6.45, 7) is 4.33. The molecule has 1 heterocycles. The molecule has 0 saturated carbocycles. The molecule has 1 rings (SSSR count). The topological polar surface area (TPSA) is 29.3 Å². The van der Waals surface area contributed by atoms with Crippen LogP contribution in [0.4, 0.5) is 13.2 Å². The summed E-state index contributed by atoms with van der Waals surface area (Å²) in [4.78, 5) is 2.29. The average molecular weight is 280 g/mol. The van der Waals surface area contributed by atoms with Crippen LogP contribution in [0.5, 0.6) is 0 Å². The van der Waals surface area contributed by atoms with Gasteiger partial charge in [0.1, 0.15) is 0 Å². The zero-order chi connectivity index (χ0) is 13.9. The minimum Gasteiger partial charge on any atom is -0.326 e. The Kier molecular flexibility index (Phi) is 5.19. The lowest BCUT2D eigenvalue weighted by molar-refractivity contribution is -0.156. The lowest BCUT2D eigenvalue weighted by atomic mass is 10.1. The molecule has 104 valence electrons. The Bertz CT molecular complexity index is 347. The Morgan fingerprint density at radius 3 is 2.28 bits per heavy atom. The predicted molar refractivity (Wildman–Crippen MR) is 68.6 cm³/mol. The van der Waals surface area contributed by atoms with Gasteiger partial charge in [-0.3, -0.25) is 4.90 Å². The molecule has 0 bridgehead atoms. The quantitative estimate of drug-likeness (QED) is 0.895. The van der Waals surface area contributed by atoms with Gasteiger partial charge in [-0.1, -0.05) is 6.07 Å². The molecule has 0 amide bonds. The predicted octanol–water partition coefficient (Wildman–Crippen LogP) is 3.41. The Labute approximate surface area is 110 Å². The SMILES string of the molecule is CC(N)C(c1cccs1)N(CC(F)(F)F)C(C)C. The lowest BCUT2D eigenvalue weighted by Gasteiger charge is -2.37. The van der Waals surface area contributed by atoms with Crippen LogP contribution in [0.15, 0.2) is 17.5 Å². The van der Waals surface area contributed by atoms with Crippen LogP contribution in [-0.2, 0) is 0 Å². The number of thiophene rings is 1. The zero-order valence-electron chi connectivity index (χ0n) is 10.7. The lowest BCUT2D eigenvalue weighted by Crippen LogP contribution is -2.47. The maximum Gasteiger partial charge on any atom is 0.401 e. The van der Waals surface area contributed by atoms with Gasteiger partial charge in [0.25, 0.3) is 0 Å². The van der Waals surface area contributed by atoms with E-state index >= 15 is 0 Å². The molecule has 0 aliphatic rings. The summed E-state index contributed by atoms with van der Waals surface area (Å²) >= 11 is 1.44. The van der Waals surface area contributed by atoms with Gasteiger partial charge in [-0.05, 0) is 32.2 Å². The molecule has 0 aliphatic carbocycles. The standard InChI is InChI=1S/C12H19F3N2S/c1-8(2)17(7-12(13,14)15)11(9(3)16)10-5-4-6-18-10/h4-6,8-9,11H,7,16H2,1-3H3. The molecule has 18 heavy (non-hydrogen) atoms. The van der Waals surface area contributed by atoms with Crippen LogP contribution in [0.3, 0.4) is 0 Å². The van der Waals surface area contributed by atoms with Crippen LogP contribution in [-0.4, -0.2) is 29.7 Å². The van der Waals surface area contributed by atoms with Crippen LogP contribution < -0.4 is 5.73 Å². The minimum atomic E-state index is -4.21. The van der Waals surface area contributed by atoms with Crippen LogP contribution in [0, 0.1) is 0 Å². The molecule has 0 saturated heterocycles. The molecular formula is C12H19F3N2S. The van der Waals surface area contributed by atoms with E-state index in [2.05, 4.69) is 0 Å². The van der Waals surface area contributed by atoms with E-state index in [0.29, 0.717) is 0 Å². The largest absolute Gasteiger partial charge is 0.401 e. The summed E-state index contributed by atoms with van der Waals surface area (Å²) in [6, 6.07) is 2.70. The summed E-state index contributed by atoms with van der Waals surface area (Å²) in [6.07, 6.45) is -4.21. The molecule has 0 spiro atoms. The number of halogens is 3. The van der Waals surface area contributed by atoms with Crippen molar-refractivity contribution in [3.8, 4) is 0 Å². The van der Waals surface area contributed by atoms with Crippen molar-refractivity contribution in [3.63, 3.8) is 0 Å². The van der Waals surface area contributed by atoms with Gasteiger partial charge in [-0.2, -0.15) is 13.2 Å². The monoisotopic (exact) mass is 280 g/mol. The summed E-state index contributed by atoms with van der Waals surface area (Å²) in [7, 11) is 0. The smallest absolute Gasteiger partial charge is 0.326 e. The first kappa shape index (κ1) is 15.5. The zero-order valence-corrected chi connectivity index (χ0v) is 11.6. The van der Waals surface area contributed by atoms with E-state index in [-0.39, 0.29) is 12.1 Å². The van der Waals surface area contributed by atoms with E-state index in [1.165, 1.54) is 16.2 Å². The second kappa shape index (κ2) is 6.04. The summed E-state index contributed by atoms with van der Waals surface area (Å²) in [5.74, 6) is 0. The van der Waals surface area contributed by atoms with E-state index in [0.717, 1.165) is 4.88 Å². The highest BCUT2D eigenvalue weighted by Crippen LogP contribution is 2.31. The number of rotatable bonds is 5. The summed E-state index contributed by atoms with van der Waals surface area (Å²) < 4.78 is 38.0. The number of hydrogen-bond acceptors (Lipinski definition) is 3. The molecule has 0 fully saturated rings. The highest BCUT2D eigenvalue weighted by Gasteiger charge is 2.37. The van der Waals surface area contributed by atoms with Gasteiger partial charge < -0.3 is 5.73 Å². The van der Waals surface area contributed by atoms with Gasteiger partial charge in [-0.25, -0.2) is 0 Å². The molecule has 2 nitrogen and oxygen atoms in total. The fourth-order valence-electron chi connectivity index (χ4n) is 1.99. The third-order valence-electron chi connectivity index (χ3n) is 2.72. The fourth-order valence-corrected chi connectivity index (χ4v) is 2.95. The van der Waals surface area contributed by atoms with Crippen molar-refractivity contribution in [1.29, 1.82) is 0 Å². The third-order valence-corrected chi connectivity index (χ3v) is 3.66. The number of nitrogens with two attached hydrogens (primary N) is 1. The van der Waals surface area contributed by atoms with Crippen molar-refractivity contribution < 1.29 is 13.2 Å². The van der Waals surface area contributed by atoms with Crippen molar-refractivity contribution in [1.82, 2.24) is 4.90 Å². The molecule has 2 atom stereocenters. The first-order chi connectivity index (χ1) is 8.22. The Balaban J connectivity index is 3.00. The van der Waals surface area contributed by atoms with Gasteiger partial charge >= 0.3 is 6.18 Å². The van der Waals surface area contributed by atoms with Crippen LogP contribution in [0.25, 0.3) is 0 Å². The van der Waals surface area contributed by atoms with Gasteiger partial charge in [-0.15, -0.1) is 11.3 Å². The van der Waals surface area contributed by atoms with Gasteiger partial charge in [0.15, 0.2) is 0 Å². The molecule has 6 heteroatoms. The Morgan fingerprint density at radius 1 is 1.33 bits per heavy atom. The molecule has 1 aromatic rings. The minimum absolute atomic E-state index is 0.218. The van der Waals surface area contributed by atoms with Crippen molar-refractivity contribution >= 4 is 11.3 Å². The normalized spacial score (nSPS) is 16.3. The number of nitrogens with zero attached hydrogens (tertiary/aromatic N) is 1. The average Bonchev–Trinajstić information content (AvgIpc) is 2.67. The second-order valence-electron chi connectivity index (χ2n) is 4.70. The molecule has 1 aromatic heterocycles. The first-order valence-corrected chi connectivity index (χ1v) is 6.72. The van der Waals surface area contributed by atoms with Crippen molar-refractivity contribution in [3.05, 3.63) is 22.4 Å². The molecule has 2 N–H and O–H groups in total. The second-order valence-corrected chi connectivity index (χ2v) is 5.68. The summed E-state index contributed by atoms with van der Waals surface area (Å²) in [5, 5.41) is 1.86. The van der Waals surface area contributed by atoms with Crippen LogP contribution >= 0.6 is 11.3 Å². The van der Waals surface area contributed by atoms with E-state index < -0.39 is 18.8 Å². The number of hydrogen-bond donors (Lipinski definition) is 1.